The van der Waals surface area contributed by atoms with Crippen molar-refractivity contribution in [3.05, 3.63) is 48.0 Å². The average Bonchev–Trinajstić information content (AvgIpc) is 2.36. The van der Waals surface area contributed by atoms with E-state index in [2.05, 4.69) is 0 Å². The Kier molecular flexibility index (Phi) is 3.72. The number of hydrogen-bond donors (Lipinski definition) is 1. The number of halogens is 2. The molecule has 0 atom stereocenters. The number of nitrogen functional groups attached to an aromatic ring is 1. The van der Waals surface area contributed by atoms with Crippen molar-refractivity contribution in [1.29, 1.82) is 0 Å². The van der Waals surface area contributed by atoms with Crippen LogP contribution >= 0.6 is 11.8 Å². The summed E-state index contributed by atoms with van der Waals surface area (Å²) in [7, 11) is 1.57. The van der Waals surface area contributed by atoms with Crippen molar-refractivity contribution in [2.24, 2.45) is 0 Å². The van der Waals surface area contributed by atoms with Gasteiger partial charge < -0.3 is 10.5 Å². The predicted octanol–water partition coefficient (Wildman–Crippen LogP) is 3.71. The minimum atomic E-state index is -0.744. The van der Waals surface area contributed by atoms with E-state index in [-0.39, 0.29) is 5.69 Å². The first-order chi connectivity index (χ1) is 8.60. The number of rotatable bonds is 3. The van der Waals surface area contributed by atoms with Gasteiger partial charge in [0.05, 0.1) is 12.8 Å². The summed E-state index contributed by atoms with van der Waals surface area (Å²) in [5, 5.41) is 0. The topological polar surface area (TPSA) is 35.2 Å². The lowest BCUT2D eigenvalue weighted by Crippen LogP contribution is -1.95. The van der Waals surface area contributed by atoms with Gasteiger partial charge >= 0.3 is 0 Å². The second-order valence-electron chi connectivity index (χ2n) is 3.58. The van der Waals surface area contributed by atoms with Crippen LogP contribution in [0.3, 0.4) is 0 Å². The lowest BCUT2D eigenvalue weighted by Gasteiger charge is -2.07. The highest BCUT2D eigenvalue weighted by Crippen LogP contribution is 2.34. The van der Waals surface area contributed by atoms with Crippen LogP contribution in [-0.2, 0) is 0 Å². The molecule has 0 fully saturated rings. The summed E-state index contributed by atoms with van der Waals surface area (Å²) >= 11 is 1.20. The van der Waals surface area contributed by atoms with Crippen LogP contribution in [0.15, 0.2) is 46.2 Å². The Labute approximate surface area is 108 Å². The summed E-state index contributed by atoms with van der Waals surface area (Å²) in [5.41, 5.74) is 5.52. The number of methoxy groups -OCH3 is 1. The Morgan fingerprint density at radius 2 is 1.78 bits per heavy atom. The van der Waals surface area contributed by atoms with Crippen molar-refractivity contribution in [2.45, 2.75) is 9.79 Å². The van der Waals surface area contributed by atoms with E-state index >= 15 is 0 Å². The molecule has 0 aliphatic rings. The maximum absolute atomic E-state index is 13.3. The fraction of sp³-hybridized carbons (Fsp3) is 0.0769. The summed E-state index contributed by atoms with van der Waals surface area (Å²) in [4.78, 5) is 1.19. The Bertz CT molecular complexity index is 558. The number of benzene rings is 2. The van der Waals surface area contributed by atoms with Gasteiger partial charge in [-0.2, -0.15) is 0 Å². The molecule has 2 aromatic rings. The van der Waals surface area contributed by atoms with E-state index in [1.54, 1.807) is 31.4 Å². The molecular weight excluding hydrogens is 256 g/mol. The van der Waals surface area contributed by atoms with Crippen LogP contribution in [0.2, 0.25) is 0 Å². The van der Waals surface area contributed by atoms with E-state index in [0.29, 0.717) is 4.90 Å². The number of hydrogen-bond acceptors (Lipinski definition) is 3. The first-order valence-corrected chi connectivity index (χ1v) is 5.98. The van der Waals surface area contributed by atoms with Crippen molar-refractivity contribution in [3.8, 4) is 5.75 Å². The zero-order valence-electron chi connectivity index (χ0n) is 9.61. The minimum Gasteiger partial charge on any atom is -0.497 e. The third kappa shape index (κ3) is 2.73. The van der Waals surface area contributed by atoms with E-state index < -0.39 is 11.6 Å². The van der Waals surface area contributed by atoms with Gasteiger partial charge in [-0.15, -0.1) is 0 Å². The Morgan fingerprint density at radius 3 is 2.39 bits per heavy atom. The molecule has 2 N–H and O–H groups in total. The van der Waals surface area contributed by atoms with Gasteiger partial charge in [0.1, 0.15) is 17.4 Å². The van der Waals surface area contributed by atoms with Crippen molar-refractivity contribution >= 4 is 17.4 Å². The van der Waals surface area contributed by atoms with Gasteiger partial charge in [0.15, 0.2) is 0 Å². The van der Waals surface area contributed by atoms with E-state index in [9.17, 15) is 8.78 Å². The fourth-order valence-corrected chi connectivity index (χ4v) is 2.32. The van der Waals surface area contributed by atoms with E-state index in [1.807, 2.05) is 0 Å². The highest BCUT2D eigenvalue weighted by atomic mass is 32.2. The molecule has 0 bridgehead atoms. The average molecular weight is 267 g/mol. The molecule has 0 spiro atoms. The molecule has 0 radical (unpaired) electrons. The molecule has 0 saturated carbocycles. The van der Waals surface area contributed by atoms with Crippen LogP contribution in [0.1, 0.15) is 0 Å². The largest absolute Gasteiger partial charge is 0.497 e. The van der Waals surface area contributed by atoms with Crippen molar-refractivity contribution in [3.63, 3.8) is 0 Å². The van der Waals surface area contributed by atoms with E-state index in [0.717, 1.165) is 16.7 Å². The molecule has 0 unspecified atom stereocenters. The molecule has 2 aromatic carbocycles. The van der Waals surface area contributed by atoms with Crippen molar-refractivity contribution in [2.75, 3.05) is 12.8 Å². The van der Waals surface area contributed by atoms with Gasteiger partial charge in [-0.3, -0.25) is 0 Å². The van der Waals surface area contributed by atoms with Crippen molar-refractivity contribution < 1.29 is 13.5 Å². The molecule has 2 nitrogen and oxygen atoms in total. The third-order valence-electron chi connectivity index (χ3n) is 2.34. The number of ether oxygens (including phenoxy) is 1. The predicted molar refractivity (Wildman–Crippen MR) is 67.9 cm³/mol. The molecule has 5 heteroatoms. The van der Waals surface area contributed by atoms with Crippen molar-refractivity contribution in [1.82, 2.24) is 0 Å². The summed E-state index contributed by atoms with van der Waals surface area (Å²) in [6.07, 6.45) is 0. The maximum Gasteiger partial charge on any atom is 0.150 e. The number of nitrogens with two attached hydrogens (primary N) is 1. The molecule has 0 aromatic heterocycles. The first-order valence-electron chi connectivity index (χ1n) is 5.16. The lowest BCUT2D eigenvalue weighted by molar-refractivity contribution is 0.414. The normalized spacial score (nSPS) is 10.4. The smallest absolute Gasteiger partial charge is 0.150 e. The third-order valence-corrected chi connectivity index (χ3v) is 3.41. The highest BCUT2D eigenvalue weighted by Gasteiger charge is 2.09. The van der Waals surface area contributed by atoms with Gasteiger partial charge in [-0.1, -0.05) is 11.8 Å². The highest BCUT2D eigenvalue weighted by molar-refractivity contribution is 7.99. The van der Waals surface area contributed by atoms with Crippen LogP contribution in [-0.4, -0.2) is 7.11 Å². The monoisotopic (exact) mass is 267 g/mol. The standard InChI is InChI=1S/C13H11F2NOS/c1-17-9-2-4-10(5-3-9)18-12-7-8(14)6-11(15)13(12)16/h2-7H,16H2,1H3. The molecule has 0 saturated heterocycles. The van der Waals surface area contributed by atoms with Crippen LogP contribution in [0.25, 0.3) is 0 Å². The van der Waals surface area contributed by atoms with E-state index in [4.69, 9.17) is 10.5 Å². The van der Waals surface area contributed by atoms with Crippen LogP contribution in [0.5, 0.6) is 5.75 Å². The fourth-order valence-electron chi connectivity index (χ4n) is 1.42. The summed E-state index contributed by atoms with van der Waals surface area (Å²) in [6, 6.07) is 9.13. The van der Waals surface area contributed by atoms with Gasteiger partial charge in [0.2, 0.25) is 0 Å². The van der Waals surface area contributed by atoms with Crippen LogP contribution < -0.4 is 10.5 Å². The van der Waals surface area contributed by atoms with E-state index in [1.165, 1.54) is 17.8 Å². The molecule has 0 heterocycles. The van der Waals surface area contributed by atoms with Crippen LogP contribution in [0, 0.1) is 11.6 Å². The Hall–Kier alpha value is -1.75. The van der Waals surface area contributed by atoms with Gasteiger partial charge in [0, 0.05) is 15.9 Å². The molecule has 18 heavy (non-hydrogen) atoms. The van der Waals surface area contributed by atoms with Gasteiger partial charge in [0.25, 0.3) is 0 Å². The minimum absolute atomic E-state index is 0.0442. The molecule has 0 amide bonds. The second kappa shape index (κ2) is 5.27. The lowest BCUT2D eigenvalue weighted by atomic mass is 10.3. The zero-order valence-corrected chi connectivity index (χ0v) is 10.4. The molecular formula is C13H11F2NOS. The SMILES string of the molecule is COc1ccc(Sc2cc(F)cc(F)c2N)cc1. The molecule has 0 aliphatic heterocycles. The summed E-state index contributed by atoms with van der Waals surface area (Å²) in [5.74, 6) is -0.665. The van der Waals surface area contributed by atoms with Crippen LogP contribution in [0.4, 0.5) is 14.5 Å². The second-order valence-corrected chi connectivity index (χ2v) is 4.69. The molecule has 0 aliphatic carbocycles. The maximum atomic E-state index is 13.3. The zero-order chi connectivity index (χ0) is 13.1. The summed E-state index contributed by atoms with van der Waals surface area (Å²) in [6.45, 7) is 0. The quantitative estimate of drug-likeness (QED) is 0.861. The Balaban J connectivity index is 2.27. The molecule has 94 valence electrons. The Morgan fingerprint density at radius 1 is 1.11 bits per heavy atom. The summed E-state index contributed by atoms with van der Waals surface area (Å²) < 4.78 is 31.4. The van der Waals surface area contributed by atoms with Gasteiger partial charge in [-0.05, 0) is 30.3 Å². The first kappa shape index (κ1) is 12.7. The van der Waals surface area contributed by atoms with Gasteiger partial charge in [-0.25, -0.2) is 8.78 Å². The molecule has 2 rings (SSSR count). The number of anilines is 1.